The first-order valence-electron chi connectivity index (χ1n) is 8.98. The lowest BCUT2D eigenvalue weighted by molar-refractivity contribution is -0.124. The number of hydrogen-bond donors (Lipinski definition) is 1. The fourth-order valence-electron chi connectivity index (χ4n) is 2.49. The van der Waals surface area contributed by atoms with Crippen LogP contribution in [0, 0.1) is 0 Å². The van der Waals surface area contributed by atoms with E-state index in [1.54, 1.807) is 6.20 Å². The number of ether oxygens (including phenoxy) is 3. The molecule has 1 N–H and O–H groups in total. The molecule has 0 saturated carbocycles. The highest BCUT2D eigenvalue weighted by Crippen LogP contribution is 2.20. The van der Waals surface area contributed by atoms with E-state index in [2.05, 4.69) is 10.4 Å². The molecule has 8 nitrogen and oxygen atoms in total. The predicted octanol–water partition coefficient (Wildman–Crippen LogP) is 2.23. The van der Waals surface area contributed by atoms with Crippen molar-refractivity contribution in [2.24, 2.45) is 0 Å². The van der Waals surface area contributed by atoms with E-state index in [1.165, 1.54) is 11.8 Å². The minimum atomic E-state index is -0.743. The zero-order valence-electron chi connectivity index (χ0n) is 15.9. The molecule has 0 bridgehead atoms. The number of carbonyl (C=O) groups excluding carboxylic acids is 2. The number of amides is 1. The molecule has 8 heteroatoms. The highest BCUT2D eigenvalue weighted by Gasteiger charge is 2.20. The lowest BCUT2D eigenvalue weighted by Crippen LogP contribution is -2.32. The molecule has 0 aliphatic rings. The molecule has 1 amide bonds. The van der Waals surface area contributed by atoms with Crippen LogP contribution in [0.15, 0.2) is 66.9 Å². The van der Waals surface area contributed by atoms with Gasteiger partial charge in [-0.1, -0.05) is 36.4 Å². The molecule has 1 heterocycles. The van der Waals surface area contributed by atoms with Crippen molar-refractivity contribution >= 4 is 11.9 Å². The van der Waals surface area contributed by atoms with Gasteiger partial charge in [0.25, 0.3) is 5.91 Å². The highest BCUT2D eigenvalue weighted by molar-refractivity contribution is 5.92. The summed E-state index contributed by atoms with van der Waals surface area (Å²) in [6.07, 6.45) is 1.58. The van der Waals surface area contributed by atoms with Gasteiger partial charge in [0, 0.05) is 0 Å². The summed E-state index contributed by atoms with van der Waals surface area (Å²) < 4.78 is 17.2. The van der Waals surface area contributed by atoms with Crippen molar-refractivity contribution in [1.29, 1.82) is 0 Å². The van der Waals surface area contributed by atoms with Gasteiger partial charge in [-0.25, -0.2) is 9.48 Å². The van der Waals surface area contributed by atoms with Crippen LogP contribution in [0.25, 0.3) is 5.69 Å². The molecule has 29 heavy (non-hydrogen) atoms. The van der Waals surface area contributed by atoms with Crippen molar-refractivity contribution in [2.45, 2.75) is 0 Å². The number of para-hydroxylation sites is 2. The largest absolute Gasteiger partial charge is 0.493 e. The first kappa shape index (κ1) is 19.9. The molecule has 0 atom stereocenters. The molecule has 0 saturated heterocycles. The van der Waals surface area contributed by atoms with E-state index in [1.807, 2.05) is 60.7 Å². The Morgan fingerprint density at radius 2 is 1.72 bits per heavy atom. The number of hydrogen-bond acceptors (Lipinski definition) is 6. The monoisotopic (exact) mass is 395 g/mol. The van der Waals surface area contributed by atoms with Gasteiger partial charge in [-0.2, -0.15) is 5.10 Å². The van der Waals surface area contributed by atoms with Crippen molar-refractivity contribution in [3.8, 4) is 17.2 Å². The van der Waals surface area contributed by atoms with Gasteiger partial charge < -0.3 is 19.5 Å². The molecule has 150 valence electrons. The van der Waals surface area contributed by atoms with Crippen molar-refractivity contribution in [1.82, 2.24) is 15.1 Å². The van der Waals surface area contributed by atoms with Gasteiger partial charge >= 0.3 is 5.97 Å². The molecule has 0 radical (unpaired) electrons. The Balaban J connectivity index is 1.47. The molecule has 1 aromatic heterocycles. The van der Waals surface area contributed by atoms with Crippen LogP contribution in [0.3, 0.4) is 0 Å². The van der Waals surface area contributed by atoms with Gasteiger partial charge in [-0.15, -0.1) is 0 Å². The number of nitrogens with one attached hydrogen (secondary N) is 1. The second-order valence-electron chi connectivity index (χ2n) is 5.91. The number of rotatable bonds is 9. The number of benzene rings is 2. The highest BCUT2D eigenvalue weighted by atomic mass is 16.5. The standard InChI is InChI=1S/C21H21N3O5/c1-27-18-14-24(16-8-4-2-5-9-16)23-20(18)21(26)29-15-19(25)22-12-13-28-17-10-6-3-7-11-17/h2-11,14H,12-13,15H2,1H3,(H,22,25). The number of esters is 1. The second-order valence-corrected chi connectivity index (χ2v) is 5.91. The summed E-state index contributed by atoms with van der Waals surface area (Å²) in [4.78, 5) is 24.2. The van der Waals surface area contributed by atoms with E-state index in [-0.39, 0.29) is 18.0 Å². The average Bonchev–Trinajstić information content (AvgIpc) is 3.21. The van der Waals surface area contributed by atoms with E-state index >= 15 is 0 Å². The number of aromatic nitrogens is 2. The Bertz CT molecular complexity index is 941. The molecule has 2 aromatic carbocycles. The summed E-state index contributed by atoms with van der Waals surface area (Å²) in [6, 6.07) is 18.5. The molecule has 3 aromatic rings. The molecule has 0 spiro atoms. The Kier molecular flexibility index (Phi) is 6.83. The van der Waals surface area contributed by atoms with Crippen LogP contribution in [-0.2, 0) is 9.53 Å². The van der Waals surface area contributed by atoms with Crippen LogP contribution in [0.1, 0.15) is 10.5 Å². The van der Waals surface area contributed by atoms with Crippen molar-refractivity contribution in [3.63, 3.8) is 0 Å². The maximum atomic E-state index is 12.3. The van der Waals surface area contributed by atoms with Crippen LogP contribution >= 0.6 is 0 Å². The Hall–Kier alpha value is -3.81. The van der Waals surface area contributed by atoms with E-state index in [9.17, 15) is 9.59 Å². The van der Waals surface area contributed by atoms with E-state index in [4.69, 9.17) is 14.2 Å². The Morgan fingerprint density at radius 1 is 1.03 bits per heavy atom. The van der Waals surface area contributed by atoms with Gasteiger partial charge in [-0.05, 0) is 24.3 Å². The number of carbonyl (C=O) groups is 2. The fraction of sp³-hybridized carbons (Fsp3) is 0.190. The lowest BCUT2D eigenvalue weighted by Gasteiger charge is -2.08. The van der Waals surface area contributed by atoms with E-state index in [0.29, 0.717) is 12.4 Å². The van der Waals surface area contributed by atoms with Gasteiger partial charge in [0.15, 0.2) is 12.4 Å². The van der Waals surface area contributed by atoms with Gasteiger partial charge in [-0.3, -0.25) is 4.79 Å². The van der Waals surface area contributed by atoms with Gasteiger partial charge in [0.05, 0.1) is 25.5 Å². The average molecular weight is 395 g/mol. The zero-order chi connectivity index (χ0) is 20.5. The minimum absolute atomic E-state index is 0.00318. The van der Waals surface area contributed by atoms with Gasteiger partial charge in [0.1, 0.15) is 12.4 Å². The summed E-state index contributed by atoms with van der Waals surface area (Å²) in [7, 11) is 1.43. The third-order valence-electron chi connectivity index (χ3n) is 3.89. The molecule has 0 aliphatic carbocycles. The minimum Gasteiger partial charge on any atom is -0.493 e. The van der Waals surface area contributed by atoms with Crippen LogP contribution in [-0.4, -0.2) is 48.5 Å². The van der Waals surface area contributed by atoms with Crippen LogP contribution in [0.2, 0.25) is 0 Å². The third-order valence-corrected chi connectivity index (χ3v) is 3.89. The normalized spacial score (nSPS) is 10.2. The predicted molar refractivity (Wildman–Crippen MR) is 105 cm³/mol. The number of nitrogens with zero attached hydrogens (tertiary/aromatic N) is 2. The quantitative estimate of drug-likeness (QED) is 0.441. The maximum absolute atomic E-state index is 12.3. The third kappa shape index (κ3) is 5.58. The Labute approximate surface area is 168 Å². The van der Waals surface area contributed by atoms with Gasteiger partial charge in [0.2, 0.25) is 5.69 Å². The SMILES string of the molecule is COc1cn(-c2ccccc2)nc1C(=O)OCC(=O)NCCOc1ccccc1. The van der Waals surface area contributed by atoms with E-state index in [0.717, 1.165) is 5.69 Å². The molecular weight excluding hydrogens is 374 g/mol. The second kappa shape index (κ2) is 9.93. The molecule has 0 fully saturated rings. The molecule has 0 unspecified atom stereocenters. The summed E-state index contributed by atoms with van der Waals surface area (Å²) in [6.45, 7) is 0.168. The van der Waals surface area contributed by atoms with Crippen LogP contribution in [0.5, 0.6) is 11.5 Å². The molecular formula is C21H21N3O5. The lowest BCUT2D eigenvalue weighted by atomic mass is 10.3. The number of methoxy groups -OCH3 is 1. The van der Waals surface area contributed by atoms with Crippen molar-refractivity contribution in [3.05, 3.63) is 72.6 Å². The summed E-state index contributed by atoms with van der Waals surface area (Å²) in [5.74, 6) is -0.200. The Morgan fingerprint density at radius 3 is 2.41 bits per heavy atom. The summed E-state index contributed by atoms with van der Waals surface area (Å²) in [5, 5.41) is 6.82. The maximum Gasteiger partial charge on any atom is 0.363 e. The van der Waals surface area contributed by atoms with Crippen molar-refractivity contribution in [2.75, 3.05) is 26.9 Å². The first-order chi connectivity index (χ1) is 14.2. The summed E-state index contributed by atoms with van der Waals surface area (Å²) >= 11 is 0. The van der Waals surface area contributed by atoms with Crippen LogP contribution in [0.4, 0.5) is 0 Å². The van der Waals surface area contributed by atoms with Crippen molar-refractivity contribution < 1.29 is 23.8 Å². The molecule has 0 aliphatic heterocycles. The smallest absolute Gasteiger partial charge is 0.363 e. The fourth-order valence-corrected chi connectivity index (χ4v) is 2.49. The van der Waals surface area contributed by atoms with Crippen LogP contribution < -0.4 is 14.8 Å². The summed E-state index contributed by atoms with van der Waals surface area (Å²) in [5.41, 5.74) is 0.762. The first-order valence-corrected chi connectivity index (χ1v) is 8.98. The molecule has 3 rings (SSSR count). The van der Waals surface area contributed by atoms with E-state index < -0.39 is 18.5 Å². The topological polar surface area (TPSA) is 91.7 Å². The zero-order valence-corrected chi connectivity index (χ0v) is 15.9.